The number of hydrogen-bond acceptors (Lipinski definition) is 6. The minimum absolute atomic E-state index is 0.275. The highest BCUT2D eigenvalue weighted by Gasteiger charge is 2.16. The molecule has 9 heteroatoms. The lowest BCUT2D eigenvalue weighted by Crippen LogP contribution is -2.14. The summed E-state index contributed by atoms with van der Waals surface area (Å²) in [6.45, 7) is 0.275. The third-order valence-electron chi connectivity index (χ3n) is 5.33. The molecule has 4 aromatic carbocycles. The standard InChI is InChI=1S/C28H26O6S3/c1-32-21-3-15-27(16-4-21)37(31)28-17-5-22(6-18-28)33-19-20-36(30)26-13-9-24(10-14-26)34-23-7-11-25(12-8-23)35(2)29/h3-18H,19-20H2,1-2H3. The lowest BCUT2D eigenvalue weighted by atomic mass is 10.3. The molecule has 0 saturated carbocycles. The van der Waals surface area contributed by atoms with Crippen LogP contribution in [0.3, 0.4) is 0 Å². The molecule has 3 unspecified atom stereocenters. The Morgan fingerprint density at radius 1 is 0.568 bits per heavy atom. The van der Waals surface area contributed by atoms with Crippen LogP contribution in [0.1, 0.15) is 0 Å². The zero-order valence-corrected chi connectivity index (χ0v) is 22.8. The quantitative estimate of drug-likeness (QED) is 0.225. The monoisotopic (exact) mass is 554 g/mol. The van der Waals surface area contributed by atoms with Gasteiger partial charge in [0, 0.05) is 11.2 Å². The zero-order valence-electron chi connectivity index (χ0n) is 20.3. The predicted octanol–water partition coefficient (Wildman–Crippen LogP) is 5.58. The smallest absolute Gasteiger partial charge is 0.158 e. The van der Waals surface area contributed by atoms with Crippen LogP contribution in [0.4, 0.5) is 0 Å². The van der Waals surface area contributed by atoms with Crippen molar-refractivity contribution in [2.24, 2.45) is 0 Å². The van der Waals surface area contributed by atoms with E-state index in [0.29, 0.717) is 43.4 Å². The number of benzene rings is 4. The normalized spacial score (nSPS) is 13.4. The summed E-state index contributed by atoms with van der Waals surface area (Å²) < 4.78 is 53.6. The van der Waals surface area contributed by atoms with Gasteiger partial charge in [-0.15, -0.1) is 0 Å². The van der Waals surface area contributed by atoms with Crippen LogP contribution >= 0.6 is 0 Å². The molecule has 0 saturated heterocycles. The predicted molar refractivity (Wildman–Crippen MR) is 146 cm³/mol. The van der Waals surface area contributed by atoms with Gasteiger partial charge in [0.15, 0.2) is 19.6 Å². The van der Waals surface area contributed by atoms with E-state index in [4.69, 9.17) is 14.2 Å². The van der Waals surface area contributed by atoms with Crippen LogP contribution in [0.5, 0.6) is 23.0 Å². The van der Waals surface area contributed by atoms with E-state index < -0.39 is 33.5 Å². The van der Waals surface area contributed by atoms with E-state index in [9.17, 15) is 13.7 Å². The molecule has 0 heterocycles. The summed E-state index contributed by atoms with van der Waals surface area (Å²) in [6.07, 6.45) is 1.63. The third kappa shape index (κ3) is 7.61. The summed E-state index contributed by atoms with van der Waals surface area (Å²) in [7, 11) is 1.59. The SMILES string of the molecule is COc1ccc([S+]([O-])c2ccc(OCC[S+]([O-])c3ccc(Oc4ccc([S+](C)[O-])cc4)cc3)cc2)cc1. The summed E-state index contributed by atoms with van der Waals surface area (Å²) in [5.41, 5.74) is 0. The van der Waals surface area contributed by atoms with Gasteiger partial charge in [-0.3, -0.25) is 0 Å². The molecule has 0 N–H and O–H groups in total. The molecule has 6 nitrogen and oxygen atoms in total. The van der Waals surface area contributed by atoms with E-state index in [1.54, 1.807) is 110 Å². The number of hydrogen-bond donors (Lipinski definition) is 0. The summed E-state index contributed by atoms with van der Waals surface area (Å²) in [4.78, 5) is 2.77. The molecule has 0 amide bonds. The molecule has 0 aliphatic rings. The van der Waals surface area contributed by atoms with E-state index >= 15 is 0 Å². The van der Waals surface area contributed by atoms with E-state index in [1.807, 2.05) is 0 Å². The fourth-order valence-electron chi connectivity index (χ4n) is 3.34. The summed E-state index contributed by atoms with van der Waals surface area (Å²) >= 11 is -3.57. The van der Waals surface area contributed by atoms with Crippen LogP contribution in [0.25, 0.3) is 0 Å². The Hall–Kier alpha value is -2.79. The largest absolute Gasteiger partial charge is 0.612 e. The minimum Gasteiger partial charge on any atom is -0.612 e. The Bertz CT molecular complexity index is 1250. The maximum atomic E-state index is 12.8. The molecular weight excluding hydrogens is 529 g/mol. The first kappa shape index (κ1) is 27.3. The minimum atomic E-state index is -1.30. The van der Waals surface area contributed by atoms with E-state index in [2.05, 4.69) is 0 Å². The van der Waals surface area contributed by atoms with Crippen molar-refractivity contribution in [3.8, 4) is 23.0 Å². The highest BCUT2D eigenvalue weighted by Crippen LogP contribution is 2.26. The Kier molecular flexibility index (Phi) is 9.68. The van der Waals surface area contributed by atoms with E-state index in [-0.39, 0.29) is 6.61 Å². The van der Waals surface area contributed by atoms with Crippen molar-refractivity contribution < 1.29 is 27.9 Å². The fourth-order valence-corrected chi connectivity index (χ4v) is 5.81. The van der Waals surface area contributed by atoms with E-state index in [0.717, 1.165) is 4.90 Å². The van der Waals surface area contributed by atoms with Gasteiger partial charge in [-0.05, 0) is 119 Å². The first-order valence-electron chi connectivity index (χ1n) is 11.3. The number of ether oxygens (including phenoxy) is 3. The first-order valence-corrected chi connectivity index (χ1v) is 15.3. The Morgan fingerprint density at radius 2 is 1.00 bits per heavy atom. The van der Waals surface area contributed by atoms with Gasteiger partial charge in [0.05, 0.1) is 7.11 Å². The molecule has 37 heavy (non-hydrogen) atoms. The summed E-state index contributed by atoms with van der Waals surface area (Å²) in [5, 5.41) is 0. The van der Waals surface area contributed by atoms with Crippen LogP contribution < -0.4 is 14.2 Å². The second kappa shape index (κ2) is 13.1. The lowest BCUT2D eigenvalue weighted by molar-refractivity contribution is 0.340. The first-order chi connectivity index (χ1) is 17.9. The Balaban J connectivity index is 1.25. The highest BCUT2D eigenvalue weighted by atomic mass is 32.2. The molecule has 0 fully saturated rings. The van der Waals surface area contributed by atoms with Gasteiger partial charge in [0.1, 0.15) is 41.6 Å². The Labute approximate surface area is 226 Å². The molecule has 0 bridgehead atoms. The number of methoxy groups -OCH3 is 1. The third-order valence-corrected chi connectivity index (χ3v) is 9.00. The van der Waals surface area contributed by atoms with Gasteiger partial charge in [-0.25, -0.2) is 0 Å². The summed E-state index contributed by atoms with van der Waals surface area (Å²) in [6, 6.07) is 28.3. The average molecular weight is 555 g/mol. The second-order valence-electron chi connectivity index (χ2n) is 7.81. The molecule has 4 aromatic rings. The van der Waals surface area contributed by atoms with Crippen molar-refractivity contribution in [1.29, 1.82) is 0 Å². The molecule has 3 atom stereocenters. The van der Waals surface area contributed by atoms with Crippen molar-refractivity contribution in [3.05, 3.63) is 97.1 Å². The van der Waals surface area contributed by atoms with Gasteiger partial charge in [0.25, 0.3) is 0 Å². The van der Waals surface area contributed by atoms with Gasteiger partial charge in [-0.2, -0.15) is 0 Å². The van der Waals surface area contributed by atoms with Gasteiger partial charge >= 0.3 is 0 Å². The molecule has 0 spiro atoms. The second-order valence-corrected chi connectivity index (χ2v) is 12.2. The molecule has 0 aliphatic heterocycles. The van der Waals surface area contributed by atoms with Crippen molar-refractivity contribution in [3.63, 3.8) is 0 Å². The van der Waals surface area contributed by atoms with Gasteiger partial charge in [-0.1, -0.05) is 0 Å². The average Bonchev–Trinajstić information content (AvgIpc) is 2.94. The van der Waals surface area contributed by atoms with Crippen molar-refractivity contribution >= 4 is 33.5 Å². The molecule has 0 aliphatic carbocycles. The highest BCUT2D eigenvalue weighted by molar-refractivity contribution is 7.91. The molecule has 4 rings (SSSR count). The molecule has 0 radical (unpaired) electrons. The molecular formula is C28H26O6S3. The van der Waals surface area contributed by atoms with Crippen LogP contribution in [-0.4, -0.2) is 39.4 Å². The maximum Gasteiger partial charge on any atom is 0.158 e. The van der Waals surface area contributed by atoms with Gasteiger partial charge in [0.2, 0.25) is 0 Å². The van der Waals surface area contributed by atoms with Crippen LogP contribution in [0, 0.1) is 0 Å². The molecule has 192 valence electrons. The lowest BCUT2D eigenvalue weighted by Gasteiger charge is -2.13. The van der Waals surface area contributed by atoms with Crippen molar-refractivity contribution in [2.45, 2.75) is 19.6 Å². The van der Waals surface area contributed by atoms with Crippen molar-refractivity contribution in [2.75, 3.05) is 25.7 Å². The van der Waals surface area contributed by atoms with Crippen LogP contribution in [-0.2, 0) is 33.5 Å². The van der Waals surface area contributed by atoms with Crippen LogP contribution in [0.2, 0.25) is 0 Å². The van der Waals surface area contributed by atoms with E-state index in [1.165, 1.54) is 0 Å². The van der Waals surface area contributed by atoms with Gasteiger partial charge < -0.3 is 27.9 Å². The molecule has 0 aromatic heterocycles. The summed E-state index contributed by atoms with van der Waals surface area (Å²) in [5.74, 6) is 2.92. The Morgan fingerprint density at radius 3 is 1.49 bits per heavy atom. The zero-order chi connectivity index (χ0) is 26.2. The van der Waals surface area contributed by atoms with Crippen molar-refractivity contribution in [1.82, 2.24) is 0 Å². The fraction of sp³-hybridized carbons (Fsp3) is 0.143. The maximum absolute atomic E-state index is 12.8. The topological polar surface area (TPSA) is 96.9 Å². The van der Waals surface area contributed by atoms with Crippen LogP contribution in [0.15, 0.2) is 117 Å². The number of rotatable bonds is 11.